The second-order valence-electron chi connectivity index (χ2n) is 1.80. The van der Waals surface area contributed by atoms with E-state index in [4.69, 9.17) is 5.73 Å². The lowest BCUT2D eigenvalue weighted by atomic mass is 10.3. The number of hydrogen-bond acceptors (Lipinski definition) is 2. The van der Waals surface area contributed by atoms with Crippen molar-refractivity contribution in [1.29, 1.82) is 0 Å². The summed E-state index contributed by atoms with van der Waals surface area (Å²) in [5.41, 5.74) is 5.57. The van der Waals surface area contributed by atoms with Crippen LogP contribution < -0.4 is 5.73 Å². The molecule has 1 heterocycles. The lowest BCUT2D eigenvalue weighted by Crippen LogP contribution is -2.01. The van der Waals surface area contributed by atoms with E-state index in [0.29, 0.717) is 0 Å². The predicted octanol–water partition coefficient (Wildman–Crippen LogP) is 2.35. The van der Waals surface area contributed by atoms with Gasteiger partial charge in [-0.15, -0.1) is 28.3 Å². The summed E-state index contributed by atoms with van der Waals surface area (Å²) in [5, 5.41) is 2.04. The van der Waals surface area contributed by atoms with Gasteiger partial charge in [-0.2, -0.15) is 0 Å². The van der Waals surface area contributed by atoms with E-state index in [-0.39, 0.29) is 23.0 Å². The van der Waals surface area contributed by atoms with Crippen LogP contribution in [0.4, 0.5) is 0 Å². The van der Waals surface area contributed by atoms with E-state index in [1.165, 1.54) is 4.88 Å². The average Bonchev–Trinajstić information content (AvgIpc) is 2.12. The van der Waals surface area contributed by atoms with Crippen molar-refractivity contribution in [3.63, 3.8) is 0 Å². The zero-order valence-electron chi connectivity index (χ0n) is 5.20. The van der Waals surface area contributed by atoms with Crippen LogP contribution in [0.25, 0.3) is 0 Å². The van der Waals surface area contributed by atoms with Gasteiger partial charge in [0.2, 0.25) is 0 Å². The molecule has 0 bridgehead atoms. The van der Waals surface area contributed by atoms with Crippen LogP contribution in [0.2, 0.25) is 0 Å². The maximum absolute atomic E-state index is 5.57. The van der Waals surface area contributed by atoms with Crippen molar-refractivity contribution in [2.75, 3.05) is 0 Å². The molecule has 0 saturated heterocycles. The fourth-order valence-electron chi connectivity index (χ4n) is 0.550. The van der Waals surface area contributed by atoms with Gasteiger partial charge in [0.1, 0.15) is 0 Å². The SMILES string of the molecule is Br.CC(N)c1cccs1. The van der Waals surface area contributed by atoms with Crippen molar-refractivity contribution in [2.45, 2.75) is 13.0 Å². The lowest BCUT2D eigenvalue weighted by molar-refractivity contribution is 0.838. The first kappa shape index (κ1) is 9.14. The zero-order chi connectivity index (χ0) is 5.98. The number of halogens is 1. The summed E-state index contributed by atoms with van der Waals surface area (Å²) in [6.07, 6.45) is 0. The highest BCUT2D eigenvalue weighted by molar-refractivity contribution is 8.93. The zero-order valence-corrected chi connectivity index (χ0v) is 7.73. The van der Waals surface area contributed by atoms with Crippen molar-refractivity contribution in [3.05, 3.63) is 22.4 Å². The first-order chi connectivity index (χ1) is 3.80. The van der Waals surface area contributed by atoms with Crippen molar-refractivity contribution in [2.24, 2.45) is 5.73 Å². The molecule has 0 aliphatic heterocycles. The molecule has 0 aliphatic carbocycles. The van der Waals surface area contributed by atoms with E-state index >= 15 is 0 Å². The van der Waals surface area contributed by atoms with Crippen LogP contribution in [0.3, 0.4) is 0 Å². The standard InChI is InChI=1S/C6H9NS.BrH/c1-5(7)6-3-2-4-8-6;/h2-5H,7H2,1H3;1H. The predicted molar refractivity (Wildman–Crippen MR) is 47.2 cm³/mol. The molecule has 0 amide bonds. The van der Waals surface area contributed by atoms with Crippen molar-refractivity contribution in [1.82, 2.24) is 0 Å². The maximum Gasteiger partial charge on any atom is 0.0360 e. The van der Waals surface area contributed by atoms with E-state index in [2.05, 4.69) is 6.07 Å². The Labute approximate surface area is 69.7 Å². The molecule has 0 spiro atoms. The first-order valence-corrected chi connectivity index (χ1v) is 3.47. The molecule has 1 nitrogen and oxygen atoms in total. The Morgan fingerprint density at radius 2 is 2.33 bits per heavy atom. The van der Waals surface area contributed by atoms with Gasteiger partial charge in [-0.1, -0.05) is 6.07 Å². The second-order valence-corrected chi connectivity index (χ2v) is 2.78. The summed E-state index contributed by atoms with van der Waals surface area (Å²) >= 11 is 1.71. The largest absolute Gasteiger partial charge is 0.324 e. The minimum atomic E-state index is 0. The van der Waals surface area contributed by atoms with Crippen LogP contribution in [0, 0.1) is 0 Å². The molecule has 9 heavy (non-hydrogen) atoms. The normalized spacial score (nSPS) is 12.2. The Hall–Kier alpha value is 0.140. The third kappa shape index (κ3) is 2.47. The van der Waals surface area contributed by atoms with Crippen LogP contribution in [-0.4, -0.2) is 0 Å². The molecule has 0 fully saturated rings. The van der Waals surface area contributed by atoms with E-state index < -0.39 is 0 Å². The molecule has 3 heteroatoms. The highest BCUT2D eigenvalue weighted by Gasteiger charge is 1.95. The van der Waals surface area contributed by atoms with Crippen molar-refractivity contribution in [3.8, 4) is 0 Å². The van der Waals surface area contributed by atoms with Gasteiger partial charge in [-0.25, -0.2) is 0 Å². The molecule has 0 aromatic carbocycles. The van der Waals surface area contributed by atoms with Gasteiger partial charge in [0, 0.05) is 10.9 Å². The third-order valence-corrected chi connectivity index (χ3v) is 2.07. The fourth-order valence-corrected chi connectivity index (χ4v) is 1.24. The minimum absolute atomic E-state index is 0. The monoisotopic (exact) mass is 207 g/mol. The van der Waals surface area contributed by atoms with E-state index in [1.54, 1.807) is 11.3 Å². The first-order valence-electron chi connectivity index (χ1n) is 2.59. The third-order valence-electron chi connectivity index (χ3n) is 0.992. The van der Waals surface area contributed by atoms with Crippen LogP contribution >= 0.6 is 28.3 Å². The Morgan fingerprint density at radius 1 is 1.67 bits per heavy atom. The van der Waals surface area contributed by atoms with Crippen molar-refractivity contribution >= 4 is 28.3 Å². The van der Waals surface area contributed by atoms with Gasteiger partial charge in [0.15, 0.2) is 0 Å². The quantitative estimate of drug-likeness (QED) is 0.753. The highest BCUT2D eigenvalue weighted by atomic mass is 79.9. The molecular formula is C6H10BrNS. The molecule has 52 valence electrons. The summed E-state index contributed by atoms with van der Waals surface area (Å²) in [5.74, 6) is 0. The lowest BCUT2D eigenvalue weighted by Gasteiger charge is -1.96. The Balaban J connectivity index is 0.000000640. The van der Waals surface area contributed by atoms with Gasteiger partial charge in [0.05, 0.1) is 0 Å². The van der Waals surface area contributed by atoms with Crippen LogP contribution in [-0.2, 0) is 0 Å². The smallest absolute Gasteiger partial charge is 0.0360 e. The Kier molecular flexibility index (Phi) is 4.10. The van der Waals surface area contributed by atoms with Gasteiger partial charge in [-0.05, 0) is 18.4 Å². The summed E-state index contributed by atoms with van der Waals surface area (Å²) in [4.78, 5) is 1.25. The number of hydrogen-bond donors (Lipinski definition) is 1. The molecule has 2 N–H and O–H groups in total. The van der Waals surface area contributed by atoms with Crippen LogP contribution in [0.5, 0.6) is 0 Å². The average molecular weight is 208 g/mol. The number of nitrogens with two attached hydrogens (primary N) is 1. The summed E-state index contributed by atoms with van der Waals surface area (Å²) in [7, 11) is 0. The summed E-state index contributed by atoms with van der Waals surface area (Å²) in [6, 6.07) is 4.27. The summed E-state index contributed by atoms with van der Waals surface area (Å²) < 4.78 is 0. The van der Waals surface area contributed by atoms with Crippen molar-refractivity contribution < 1.29 is 0 Å². The molecular weight excluding hydrogens is 198 g/mol. The van der Waals surface area contributed by atoms with Gasteiger partial charge < -0.3 is 5.73 Å². The van der Waals surface area contributed by atoms with E-state index in [0.717, 1.165) is 0 Å². The topological polar surface area (TPSA) is 26.0 Å². The fraction of sp³-hybridized carbons (Fsp3) is 0.333. The van der Waals surface area contributed by atoms with Gasteiger partial charge in [0.25, 0.3) is 0 Å². The van der Waals surface area contributed by atoms with Gasteiger partial charge in [-0.3, -0.25) is 0 Å². The molecule has 1 rings (SSSR count). The Bertz CT molecular complexity index is 148. The molecule has 1 unspecified atom stereocenters. The molecule has 0 saturated carbocycles. The number of thiophene rings is 1. The summed E-state index contributed by atoms with van der Waals surface area (Å²) in [6.45, 7) is 1.99. The van der Waals surface area contributed by atoms with E-state index in [9.17, 15) is 0 Å². The number of rotatable bonds is 1. The molecule has 0 aliphatic rings. The molecule has 1 aromatic rings. The second kappa shape index (κ2) is 4.04. The molecule has 1 atom stereocenters. The molecule has 0 radical (unpaired) electrons. The maximum atomic E-state index is 5.57. The van der Waals surface area contributed by atoms with Gasteiger partial charge >= 0.3 is 0 Å². The molecule has 1 aromatic heterocycles. The highest BCUT2D eigenvalue weighted by Crippen LogP contribution is 2.14. The van der Waals surface area contributed by atoms with E-state index in [1.807, 2.05) is 18.4 Å². The van der Waals surface area contributed by atoms with Crippen LogP contribution in [0.1, 0.15) is 17.8 Å². The van der Waals surface area contributed by atoms with Crippen LogP contribution in [0.15, 0.2) is 17.5 Å². The Morgan fingerprint density at radius 3 is 2.56 bits per heavy atom. The minimum Gasteiger partial charge on any atom is -0.324 e.